The van der Waals surface area contributed by atoms with Crippen LogP contribution in [0.2, 0.25) is 0 Å². The van der Waals surface area contributed by atoms with Crippen LogP contribution in [0.4, 0.5) is 0 Å². The molecule has 0 saturated heterocycles. The van der Waals surface area contributed by atoms with Gasteiger partial charge in [-0.3, -0.25) is 0 Å². The molecule has 3 nitrogen and oxygen atoms in total. The first-order valence-corrected chi connectivity index (χ1v) is 10.9. The highest BCUT2D eigenvalue weighted by molar-refractivity contribution is 7.91. The zero-order valence-corrected chi connectivity index (χ0v) is 14.4. The third kappa shape index (κ3) is 3.31. The molecular formula is C17H31NO2S. The van der Waals surface area contributed by atoms with E-state index < -0.39 is 9.84 Å². The van der Waals surface area contributed by atoms with Crippen LogP contribution in [-0.4, -0.2) is 32.5 Å². The summed E-state index contributed by atoms with van der Waals surface area (Å²) in [4.78, 5) is 0. The van der Waals surface area contributed by atoms with E-state index >= 15 is 0 Å². The third-order valence-corrected chi connectivity index (χ3v) is 8.00. The minimum atomic E-state index is -2.87. The van der Waals surface area contributed by atoms with Gasteiger partial charge in [-0.05, 0) is 62.3 Å². The SMILES string of the molecule is CCNC(C1CCCC(S(C)(=O)=O)C1)C1C2CCCCC21. The highest BCUT2D eigenvalue weighted by Gasteiger charge is 2.55. The van der Waals surface area contributed by atoms with Crippen LogP contribution in [0.25, 0.3) is 0 Å². The van der Waals surface area contributed by atoms with Crippen molar-refractivity contribution in [3.63, 3.8) is 0 Å². The first-order chi connectivity index (χ1) is 10.0. The van der Waals surface area contributed by atoms with E-state index in [-0.39, 0.29) is 5.25 Å². The fraction of sp³-hybridized carbons (Fsp3) is 1.00. The lowest BCUT2D eigenvalue weighted by Gasteiger charge is -2.35. The molecule has 3 rings (SSSR count). The monoisotopic (exact) mass is 313 g/mol. The Morgan fingerprint density at radius 2 is 1.71 bits per heavy atom. The molecule has 0 aromatic rings. The van der Waals surface area contributed by atoms with E-state index in [2.05, 4.69) is 12.2 Å². The van der Waals surface area contributed by atoms with Gasteiger partial charge in [0, 0.05) is 12.3 Å². The number of hydrogen-bond donors (Lipinski definition) is 1. The van der Waals surface area contributed by atoms with Gasteiger partial charge in [0.05, 0.1) is 5.25 Å². The summed E-state index contributed by atoms with van der Waals surface area (Å²) < 4.78 is 23.9. The second kappa shape index (κ2) is 6.19. The zero-order valence-electron chi connectivity index (χ0n) is 13.6. The minimum absolute atomic E-state index is 0.0850. The largest absolute Gasteiger partial charge is 0.314 e. The Bertz CT molecular complexity index is 449. The molecule has 1 N–H and O–H groups in total. The molecule has 4 heteroatoms. The summed E-state index contributed by atoms with van der Waals surface area (Å²) >= 11 is 0. The first kappa shape index (κ1) is 15.8. The molecule has 0 heterocycles. The summed E-state index contributed by atoms with van der Waals surface area (Å²) in [5.41, 5.74) is 0. The van der Waals surface area contributed by atoms with Gasteiger partial charge >= 0.3 is 0 Å². The van der Waals surface area contributed by atoms with Gasteiger partial charge in [0.1, 0.15) is 9.84 Å². The summed E-state index contributed by atoms with van der Waals surface area (Å²) in [5, 5.41) is 3.66. The van der Waals surface area contributed by atoms with E-state index in [1.165, 1.54) is 38.4 Å². The molecule has 3 saturated carbocycles. The maximum atomic E-state index is 11.9. The maximum absolute atomic E-state index is 11.9. The van der Waals surface area contributed by atoms with Crippen LogP contribution in [0.1, 0.15) is 58.3 Å². The quantitative estimate of drug-likeness (QED) is 0.848. The van der Waals surface area contributed by atoms with E-state index in [1.54, 1.807) is 0 Å². The number of fused-ring (bicyclic) bond motifs is 1. The van der Waals surface area contributed by atoms with Crippen molar-refractivity contribution in [2.24, 2.45) is 23.7 Å². The Morgan fingerprint density at radius 1 is 1.05 bits per heavy atom. The molecule has 3 aliphatic carbocycles. The normalized spacial score (nSPS) is 41.3. The third-order valence-electron chi connectivity index (χ3n) is 6.36. The lowest BCUT2D eigenvalue weighted by atomic mass is 9.81. The number of rotatable bonds is 5. The van der Waals surface area contributed by atoms with Gasteiger partial charge in [0.2, 0.25) is 0 Å². The topological polar surface area (TPSA) is 46.2 Å². The van der Waals surface area contributed by atoms with Crippen LogP contribution >= 0.6 is 0 Å². The molecule has 5 atom stereocenters. The molecule has 0 spiro atoms. The lowest BCUT2D eigenvalue weighted by molar-refractivity contribution is 0.241. The Morgan fingerprint density at radius 3 is 2.29 bits per heavy atom. The molecular weight excluding hydrogens is 282 g/mol. The van der Waals surface area contributed by atoms with Gasteiger partial charge < -0.3 is 5.32 Å². The minimum Gasteiger partial charge on any atom is -0.314 e. The van der Waals surface area contributed by atoms with Gasteiger partial charge in [0.25, 0.3) is 0 Å². The summed E-state index contributed by atoms with van der Waals surface area (Å²) in [6.45, 7) is 3.20. The Balaban J connectivity index is 1.69. The van der Waals surface area contributed by atoms with E-state index in [9.17, 15) is 8.42 Å². The van der Waals surface area contributed by atoms with Crippen molar-refractivity contribution >= 4 is 9.84 Å². The van der Waals surface area contributed by atoms with Gasteiger partial charge in [-0.1, -0.05) is 26.2 Å². The van der Waals surface area contributed by atoms with Crippen molar-refractivity contribution in [1.29, 1.82) is 0 Å². The van der Waals surface area contributed by atoms with Crippen LogP contribution in [-0.2, 0) is 9.84 Å². The summed E-state index contributed by atoms with van der Waals surface area (Å²) in [7, 11) is -2.87. The fourth-order valence-corrected chi connectivity index (χ4v) is 6.52. The van der Waals surface area contributed by atoms with Gasteiger partial charge in [-0.25, -0.2) is 8.42 Å². The first-order valence-electron chi connectivity index (χ1n) is 8.94. The summed E-state index contributed by atoms with van der Waals surface area (Å²) in [5.74, 6) is 3.31. The van der Waals surface area contributed by atoms with E-state index in [1.807, 2.05) is 0 Å². The van der Waals surface area contributed by atoms with Crippen molar-refractivity contribution in [2.75, 3.05) is 12.8 Å². The molecule has 0 aromatic heterocycles. The van der Waals surface area contributed by atoms with Crippen molar-refractivity contribution < 1.29 is 8.42 Å². The zero-order chi connectivity index (χ0) is 15.0. The molecule has 0 bridgehead atoms. The molecule has 0 aliphatic heterocycles. The van der Waals surface area contributed by atoms with Crippen LogP contribution in [0.3, 0.4) is 0 Å². The highest BCUT2D eigenvalue weighted by atomic mass is 32.2. The summed E-state index contributed by atoms with van der Waals surface area (Å²) in [6.07, 6.45) is 11.2. The smallest absolute Gasteiger partial charge is 0.150 e. The standard InChI is InChI=1S/C17H31NO2S/c1-3-18-17(16-14-9-4-5-10-15(14)16)12-7-6-8-13(11-12)21(2,19)20/h12-18H,3-11H2,1-2H3. The molecule has 21 heavy (non-hydrogen) atoms. The van der Waals surface area contributed by atoms with Gasteiger partial charge in [-0.15, -0.1) is 0 Å². The fourth-order valence-electron chi connectivity index (χ4n) is 5.33. The van der Waals surface area contributed by atoms with Crippen molar-refractivity contribution in [3.8, 4) is 0 Å². The average molecular weight is 314 g/mol. The summed E-state index contributed by atoms with van der Waals surface area (Å²) in [6, 6.07) is 0.577. The highest BCUT2D eigenvalue weighted by Crippen LogP contribution is 2.58. The maximum Gasteiger partial charge on any atom is 0.150 e. The van der Waals surface area contributed by atoms with Crippen LogP contribution in [0.15, 0.2) is 0 Å². The van der Waals surface area contributed by atoms with Crippen molar-refractivity contribution in [1.82, 2.24) is 5.32 Å². The van der Waals surface area contributed by atoms with Gasteiger partial charge in [0.15, 0.2) is 0 Å². The second-order valence-electron chi connectivity index (χ2n) is 7.65. The molecule has 3 fully saturated rings. The van der Waals surface area contributed by atoms with E-state index in [4.69, 9.17) is 0 Å². The molecule has 5 unspecified atom stereocenters. The van der Waals surface area contributed by atoms with Crippen LogP contribution < -0.4 is 5.32 Å². The average Bonchev–Trinajstić information content (AvgIpc) is 3.18. The molecule has 122 valence electrons. The van der Waals surface area contributed by atoms with Crippen molar-refractivity contribution in [3.05, 3.63) is 0 Å². The Labute approximate surface area is 130 Å². The predicted molar refractivity (Wildman–Crippen MR) is 87.0 cm³/mol. The van der Waals surface area contributed by atoms with E-state index in [0.29, 0.717) is 12.0 Å². The Kier molecular flexibility index (Phi) is 4.66. The second-order valence-corrected chi connectivity index (χ2v) is 9.98. The number of nitrogens with one attached hydrogen (secondary N) is 1. The molecule has 0 radical (unpaired) electrons. The lowest BCUT2D eigenvalue weighted by Crippen LogP contribution is -2.43. The van der Waals surface area contributed by atoms with Crippen LogP contribution in [0.5, 0.6) is 0 Å². The van der Waals surface area contributed by atoms with Crippen LogP contribution in [0, 0.1) is 23.7 Å². The number of hydrogen-bond acceptors (Lipinski definition) is 3. The Hall–Kier alpha value is -0.0900. The van der Waals surface area contributed by atoms with Gasteiger partial charge in [-0.2, -0.15) is 0 Å². The van der Waals surface area contributed by atoms with Crippen molar-refractivity contribution in [2.45, 2.75) is 69.6 Å². The number of sulfone groups is 1. The molecule has 0 aromatic carbocycles. The predicted octanol–water partition coefficient (Wildman–Crippen LogP) is 3.00. The molecule has 3 aliphatic rings. The molecule has 0 amide bonds. The van der Waals surface area contributed by atoms with E-state index in [0.717, 1.165) is 43.6 Å².